The van der Waals surface area contributed by atoms with Crippen LogP contribution in [0.5, 0.6) is 5.88 Å². The number of ether oxygens (including phenoxy) is 1. The average molecular weight is 314 g/mol. The number of primary amides is 1. The molecule has 0 spiro atoms. The summed E-state index contributed by atoms with van der Waals surface area (Å²) < 4.78 is 5.84. The van der Waals surface area contributed by atoms with E-state index in [1.807, 2.05) is 0 Å². The van der Waals surface area contributed by atoms with E-state index < -0.39 is 11.8 Å². The molecule has 1 saturated heterocycles. The number of methoxy groups -OCH3 is 1. The maximum atomic E-state index is 11.9. The van der Waals surface area contributed by atoms with Gasteiger partial charge in [0.05, 0.1) is 13.0 Å². The Labute approximate surface area is 112 Å². The van der Waals surface area contributed by atoms with Crippen molar-refractivity contribution in [1.82, 2.24) is 4.98 Å². The van der Waals surface area contributed by atoms with Crippen LogP contribution in [0.1, 0.15) is 6.42 Å². The molecular formula is C11H12BrN3O3. The molecular weight excluding hydrogens is 302 g/mol. The maximum absolute atomic E-state index is 11.9. The SMILES string of the molecule is COc1ncc(Br)cc1N1CC(C(N)=O)CC1=O. The Morgan fingerprint density at radius 1 is 1.67 bits per heavy atom. The third-order valence-electron chi connectivity index (χ3n) is 2.81. The number of rotatable bonds is 3. The van der Waals surface area contributed by atoms with E-state index in [0.29, 0.717) is 11.6 Å². The maximum Gasteiger partial charge on any atom is 0.237 e. The molecule has 1 fully saturated rings. The Morgan fingerprint density at radius 3 is 2.94 bits per heavy atom. The zero-order chi connectivity index (χ0) is 13.3. The highest BCUT2D eigenvalue weighted by molar-refractivity contribution is 9.10. The van der Waals surface area contributed by atoms with Gasteiger partial charge >= 0.3 is 0 Å². The molecule has 2 heterocycles. The molecule has 0 aliphatic carbocycles. The van der Waals surface area contributed by atoms with Crippen LogP contribution >= 0.6 is 15.9 Å². The van der Waals surface area contributed by atoms with Gasteiger partial charge in [0.15, 0.2) is 0 Å². The van der Waals surface area contributed by atoms with E-state index in [1.54, 1.807) is 12.3 Å². The van der Waals surface area contributed by atoms with E-state index in [4.69, 9.17) is 10.5 Å². The van der Waals surface area contributed by atoms with E-state index >= 15 is 0 Å². The molecule has 1 aromatic rings. The number of hydrogen-bond donors (Lipinski definition) is 1. The van der Waals surface area contributed by atoms with Crippen molar-refractivity contribution in [3.63, 3.8) is 0 Å². The number of nitrogens with zero attached hydrogens (tertiary/aromatic N) is 2. The molecule has 2 amide bonds. The summed E-state index contributed by atoms with van der Waals surface area (Å²) in [7, 11) is 1.48. The summed E-state index contributed by atoms with van der Waals surface area (Å²) in [4.78, 5) is 28.6. The van der Waals surface area contributed by atoms with Gasteiger partial charge in [0.1, 0.15) is 5.69 Å². The minimum absolute atomic E-state index is 0.130. The van der Waals surface area contributed by atoms with Crippen molar-refractivity contribution in [3.05, 3.63) is 16.7 Å². The number of carbonyl (C=O) groups is 2. The molecule has 0 radical (unpaired) electrons. The van der Waals surface area contributed by atoms with Crippen molar-refractivity contribution in [2.45, 2.75) is 6.42 Å². The van der Waals surface area contributed by atoms with Crippen LogP contribution in [0.25, 0.3) is 0 Å². The summed E-state index contributed by atoms with van der Waals surface area (Å²) in [6.45, 7) is 0.267. The molecule has 6 nitrogen and oxygen atoms in total. The zero-order valence-electron chi connectivity index (χ0n) is 9.72. The lowest BCUT2D eigenvalue weighted by Gasteiger charge is -2.18. The molecule has 0 bridgehead atoms. The standard InChI is InChI=1S/C11H12BrN3O3/c1-18-11-8(3-7(12)4-14-11)15-5-6(10(13)17)2-9(15)16/h3-4,6H,2,5H2,1H3,(H2,13,17). The molecule has 1 aliphatic rings. The second-order valence-electron chi connectivity index (χ2n) is 3.99. The number of aromatic nitrogens is 1. The number of carbonyl (C=O) groups excluding carboxylic acids is 2. The minimum atomic E-state index is -0.465. The van der Waals surface area contributed by atoms with Gasteiger partial charge in [-0.3, -0.25) is 9.59 Å². The normalized spacial score (nSPS) is 19.1. The molecule has 18 heavy (non-hydrogen) atoms. The van der Waals surface area contributed by atoms with Crippen LogP contribution in [0.4, 0.5) is 5.69 Å². The Hall–Kier alpha value is -1.63. The van der Waals surface area contributed by atoms with Crippen LogP contribution in [0, 0.1) is 5.92 Å². The minimum Gasteiger partial charge on any atom is -0.480 e. The third-order valence-corrected chi connectivity index (χ3v) is 3.24. The Kier molecular flexibility index (Phi) is 3.51. The largest absolute Gasteiger partial charge is 0.480 e. The fourth-order valence-electron chi connectivity index (χ4n) is 1.90. The van der Waals surface area contributed by atoms with Crippen LogP contribution in [-0.4, -0.2) is 30.5 Å². The van der Waals surface area contributed by atoms with Gasteiger partial charge in [-0.15, -0.1) is 0 Å². The van der Waals surface area contributed by atoms with Crippen molar-refractivity contribution in [3.8, 4) is 5.88 Å². The van der Waals surface area contributed by atoms with Gasteiger partial charge in [-0.25, -0.2) is 4.98 Å². The quantitative estimate of drug-likeness (QED) is 0.889. The fourth-order valence-corrected chi connectivity index (χ4v) is 2.22. The molecule has 0 aromatic carbocycles. The summed E-state index contributed by atoms with van der Waals surface area (Å²) in [6.07, 6.45) is 1.71. The summed E-state index contributed by atoms with van der Waals surface area (Å²) in [5, 5.41) is 0. The van der Waals surface area contributed by atoms with Crippen molar-refractivity contribution in [2.75, 3.05) is 18.6 Å². The average Bonchev–Trinajstić information content (AvgIpc) is 2.71. The monoisotopic (exact) mass is 313 g/mol. The van der Waals surface area contributed by atoms with Crippen molar-refractivity contribution in [1.29, 1.82) is 0 Å². The summed E-state index contributed by atoms with van der Waals surface area (Å²) in [5.74, 6) is -0.734. The molecule has 2 rings (SSSR count). The van der Waals surface area contributed by atoms with E-state index in [0.717, 1.165) is 4.47 Å². The van der Waals surface area contributed by atoms with Gasteiger partial charge < -0.3 is 15.4 Å². The Morgan fingerprint density at radius 2 is 2.39 bits per heavy atom. The second kappa shape index (κ2) is 4.93. The van der Waals surface area contributed by atoms with Gasteiger partial charge in [-0.1, -0.05) is 0 Å². The lowest BCUT2D eigenvalue weighted by atomic mass is 10.1. The van der Waals surface area contributed by atoms with Crippen molar-refractivity contribution >= 4 is 33.4 Å². The van der Waals surface area contributed by atoms with Crippen LogP contribution < -0.4 is 15.4 Å². The highest BCUT2D eigenvalue weighted by Crippen LogP contribution is 2.33. The molecule has 96 valence electrons. The van der Waals surface area contributed by atoms with Crippen LogP contribution in [0.15, 0.2) is 16.7 Å². The molecule has 1 aromatic heterocycles. The van der Waals surface area contributed by atoms with Crippen LogP contribution in [0.2, 0.25) is 0 Å². The first-order valence-corrected chi connectivity index (χ1v) is 6.11. The highest BCUT2D eigenvalue weighted by atomic mass is 79.9. The van der Waals surface area contributed by atoms with Gasteiger partial charge in [0.2, 0.25) is 17.7 Å². The van der Waals surface area contributed by atoms with E-state index in [2.05, 4.69) is 20.9 Å². The number of amides is 2. The van der Waals surface area contributed by atoms with Crippen LogP contribution in [-0.2, 0) is 9.59 Å². The second-order valence-corrected chi connectivity index (χ2v) is 4.91. The highest BCUT2D eigenvalue weighted by Gasteiger charge is 2.35. The predicted molar refractivity (Wildman–Crippen MR) is 68.1 cm³/mol. The molecule has 2 N–H and O–H groups in total. The zero-order valence-corrected chi connectivity index (χ0v) is 11.3. The number of pyridine rings is 1. The summed E-state index contributed by atoms with van der Waals surface area (Å²) in [5.41, 5.74) is 5.77. The third kappa shape index (κ3) is 2.31. The topological polar surface area (TPSA) is 85.5 Å². The fraction of sp³-hybridized carbons (Fsp3) is 0.364. The van der Waals surface area contributed by atoms with E-state index in [-0.39, 0.29) is 18.9 Å². The number of hydrogen-bond acceptors (Lipinski definition) is 4. The first-order chi connectivity index (χ1) is 8.52. The first kappa shape index (κ1) is 12.8. The first-order valence-electron chi connectivity index (χ1n) is 5.32. The lowest BCUT2D eigenvalue weighted by molar-refractivity contribution is -0.123. The van der Waals surface area contributed by atoms with Crippen molar-refractivity contribution in [2.24, 2.45) is 11.7 Å². The van der Waals surface area contributed by atoms with Gasteiger partial charge in [0.25, 0.3) is 0 Å². The lowest BCUT2D eigenvalue weighted by Crippen LogP contribution is -2.28. The number of anilines is 1. The Bertz CT molecular complexity index is 506. The molecule has 0 saturated carbocycles. The van der Waals surface area contributed by atoms with Crippen LogP contribution in [0.3, 0.4) is 0 Å². The van der Waals surface area contributed by atoms with Gasteiger partial charge in [0, 0.05) is 23.6 Å². The molecule has 1 atom stereocenters. The van der Waals surface area contributed by atoms with E-state index in [1.165, 1.54) is 12.0 Å². The summed E-state index contributed by atoms with van der Waals surface area (Å²) in [6, 6.07) is 1.73. The van der Waals surface area contributed by atoms with Gasteiger partial charge in [-0.2, -0.15) is 0 Å². The number of nitrogens with two attached hydrogens (primary N) is 1. The molecule has 1 unspecified atom stereocenters. The smallest absolute Gasteiger partial charge is 0.237 e. The van der Waals surface area contributed by atoms with E-state index in [9.17, 15) is 9.59 Å². The number of halogens is 1. The predicted octanol–water partition coefficient (Wildman–Crippen LogP) is 0.691. The Balaban J connectivity index is 2.34. The van der Waals surface area contributed by atoms with Crippen molar-refractivity contribution < 1.29 is 14.3 Å². The molecule has 7 heteroatoms. The molecule has 1 aliphatic heterocycles. The van der Waals surface area contributed by atoms with Gasteiger partial charge in [-0.05, 0) is 22.0 Å². The summed E-state index contributed by atoms with van der Waals surface area (Å²) >= 11 is 3.29.